The second-order valence-corrected chi connectivity index (χ2v) is 9.80. The molecule has 0 spiro atoms. The van der Waals surface area contributed by atoms with Gasteiger partial charge in [0.1, 0.15) is 5.75 Å². The van der Waals surface area contributed by atoms with Crippen molar-refractivity contribution in [2.45, 2.75) is 44.9 Å². The van der Waals surface area contributed by atoms with E-state index in [4.69, 9.17) is 15.3 Å². The Balaban J connectivity index is 1.45. The van der Waals surface area contributed by atoms with Crippen molar-refractivity contribution in [3.05, 3.63) is 59.2 Å². The average molecular weight is 526 g/mol. The summed E-state index contributed by atoms with van der Waals surface area (Å²) in [4.78, 5) is 33.7. The molecule has 2 aromatic rings. The van der Waals surface area contributed by atoms with Crippen LogP contribution in [0.5, 0.6) is 5.75 Å². The zero-order chi connectivity index (χ0) is 27.5. The molecule has 0 aromatic heterocycles. The molecule has 1 heterocycles. The lowest BCUT2D eigenvalue weighted by molar-refractivity contribution is -0.258. The lowest BCUT2D eigenvalue weighted by Crippen LogP contribution is -2.44. The third kappa shape index (κ3) is 8.18. The highest BCUT2D eigenvalue weighted by atomic mass is 16.7. The zero-order valence-corrected chi connectivity index (χ0v) is 23.3. The van der Waals surface area contributed by atoms with Gasteiger partial charge in [-0.15, -0.1) is 5.17 Å². The topological polar surface area (TPSA) is 91.6 Å². The Kier molecular flexibility index (Phi) is 11.4. The smallest absolute Gasteiger partial charge is 0.324 e. The van der Waals surface area contributed by atoms with Crippen molar-refractivity contribution < 1.29 is 19.2 Å². The Morgan fingerprint density at radius 1 is 1.00 bits per heavy atom. The second-order valence-electron chi connectivity index (χ2n) is 9.80. The molecule has 9 nitrogen and oxygen atoms in total. The largest absolute Gasteiger partial charge is 0.496 e. The SMILES string of the molecule is COc1ccccc1CCN(OC)N(C)CCCCN(C)C(=O)N1CCCc2cc(CCC(N)=O)ccc21. The van der Waals surface area contributed by atoms with Crippen molar-refractivity contribution in [3.8, 4) is 5.75 Å². The number of nitrogens with two attached hydrogens (primary N) is 1. The van der Waals surface area contributed by atoms with E-state index >= 15 is 0 Å². The molecule has 1 aliphatic heterocycles. The van der Waals surface area contributed by atoms with Crippen LogP contribution < -0.4 is 15.4 Å². The molecule has 0 fully saturated rings. The summed E-state index contributed by atoms with van der Waals surface area (Å²) in [5, 5.41) is 3.94. The molecule has 0 atom stereocenters. The van der Waals surface area contributed by atoms with E-state index < -0.39 is 0 Å². The zero-order valence-electron chi connectivity index (χ0n) is 23.3. The lowest BCUT2D eigenvalue weighted by Gasteiger charge is -2.33. The maximum absolute atomic E-state index is 13.3. The van der Waals surface area contributed by atoms with Crippen LogP contribution in [0.3, 0.4) is 0 Å². The summed E-state index contributed by atoms with van der Waals surface area (Å²) in [6.45, 7) is 2.94. The first-order chi connectivity index (χ1) is 18.3. The summed E-state index contributed by atoms with van der Waals surface area (Å²) in [7, 11) is 7.26. The van der Waals surface area contributed by atoms with Crippen LogP contribution in [0.2, 0.25) is 0 Å². The number of hydrogen-bond donors (Lipinski definition) is 1. The third-order valence-corrected chi connectivity index (χ3v) is 7.06. The van der Waals surface area contributed by atoms with Crippen LogP contribution in [0.1, 0.15) is 42.4 Å². The van der Waals surface area contributed by atoms with Gasteiger partial charge in [-0.25, -0.2) is 9.80 Å². The molecule has 208 valence electrons. The summed E-state index contributed by atoms with van der Waals surface area (Å²) < 4.78 is 5.46. The minimum atomic E-state index is -0.296. The van der Waals surface area contributed by atoms with Gasteiger partial charge in [0.2, 0.25) is 5.91 Å². The molecule has 0 saturated carbocycles. The Morgan fingerprint density at radius 2 is 1.76 bits per heavy atom. The van der Waals surface area contributed by atoms with E-state index in [0.717, 1.165) is 66.8 Å². The Morgan fingerprint density at radius 3 is 2.50 bits per heavy atom. The fraction of sp³-hybridized carbons (Fsp3) is 0.517. The van der Waals surface area contributed by atoms with E-state index in [-0.39, 0.29) is 11.9 Å². The standard InChI is InChI=1S/C29H43N5O4/c1-31(29(36)33-20-9-11-25-22-23(13-15-26(25)33)14-16-28(30)35)18-7-8-19-32(2)34(38-4)21-17-24-10-5-6-12-27(24)37-3/h5-6,10,12-13,15,22H,7-9,11,14,16-21H2,1-4H3,(H2,30,35). The number of rotatable bonds is 14. The number of nitrogens with zero attached hydrogens (tertiary/aromatic N) is 4. The van der Waals surface area contributed by atoms with Crippen LogP contribution >= 0.6 is 0 Å². The van der Waals surface area contributed by atoms with Crippen LogP contribution in [0.15, 0.2) is 42.5 Å². The van der Waals surface area contributed by atoms with E-state index in [9.17, 15) is 9.59 Å². The quantitative estimate of drug-likeness (QED) is 0.299. The van der Waals surface area contributed by atoms with Gasteiger partial charge in [-0.05, 0) is 67.3 Å². The van der Waals surface area contributed by atoms with Gasteiger partial charge in [-0.3, -0.25) is 14.5 Å². The van der Waals surface area contributed by atoms with Gasteiger partial charge in [0.05, 0.1) is 14.2 Å². The number of methoxy groups -OCH3 is 1. The highest BCUT2D eigenvalue weighted by Gasteiger charge is 2.25. The predicted octanol–water partition coefficient (Wildman–Crippen LogP) is 3.65. The van der Waals surface area contributed by atoms with Crippen molar-refractivity contribution in [2.75, 3.05) is 59.4 Å². The number of unbranched alkanes of at least 4 members (excludes halogenated alkanes) is 1. The summed E-state index contributed by atoms with van der Waals surface area (Å²) in [6.07, 6.45) is 5.47. The number of aryl methyl sites for hydroxylation is 2. The fourth-order valence-corrected chi connectivity index (χ4v) is 4.90. The van der Waals surface area contributed by atoms with Crippen LogP contribution in [0.25, 0.3) is 0 Å². The fourth-order valence-electron chi connectivity index (χ4n) is 4.90. The maximum atomic E-state index is 13.3. The summed E-state index contributed by atoms with van der Waals surface area (Å²) in [5.41, 5.74) is 9.66. The van der Waals surface area contributed by atoms with E-state index in [1.54, 1.807) is 14.2 Å². The number of benzene rings is 2. The number of anilines is 1. The minimum absolute atomic E-state index is 0.0273. The average Bonchev–Trinajstić information content (AvgIpc) is 2.93. The monoisotopic (exact) mass is 525 g/mol. The Bertz CT molecular complexity index is 1060. The van der Waals surface area contributed by atoms with E-state index in [2.05, 4.69) is 17.1 Å². The first-order valence-electron chi connectivity index (χ1n) is 13.4. The number of urea groups is 1. The van der Waals surface area contributed by atoms with Crippen molar-refractivity contribution in [1.29, 1.82) is 0 Å². The normalized spacial score (nSPS) is 13.1. The van der Waals surface area contributed by atoms with Crippen LogP contribution in [0, 0.1) is 0 Å². The molecule has 38 heavy (non-hydrogen) atoms. The first kappa shape index (κ1) is 29.4. The van der Waals surface area contributed by atoms with E-state index in [1.165, 1.54) is 0 Å². The number of para-hydroxylation sites is 1. The van der Waals surface area contributed by atoms with Gasteiger partial charge in [-0.2, -0.15) is 0 Å². The van der Waals surface area contributed by atoms with Crippen LogP contribution in [-0.4, -0.2) is 81.5 Å². The van der Waals surface area contributed by atoms with E-state index in [0.29, 0.717) is 32.5 Å². The van der Waals surface area contributed by atoms with Crippen LogP contribution in [0.4, 0.5) is 10.5 Å². The molecular weight excluding hydrogens is 482 g/mol. The number of carbonyl (C=O) groups excluding carboxylic acids is 2. The molecule has 0 saturated heterocycles. The van der Waals surface area contributed by atoms with E-state index in [1.807, 2.05) is 59.4 Å². The molecule has 1 aliphatic rings. The molecule has 2 aromatic carbocycles. The van der Waals surface area contributed by atoms with Crippen molar-refractivity contribution in [3.63, 3.8) is 0 Å². The van der Waals surface area contributed by atoms with Gasteiger partial charge in [0.15, 0.2) is 0 Å². The van der Waals surface area contributed by atoms with Gasteiger partial charge in [0.25, 0.3) is 0 Å². The molecule has 2 N–H and O–H groups in total. The summed E-state index contributed by atoms with van der Waals surface area (Å²) >= 11 is 0. The molecule has 0 unspecified atom stereocenters. The molecule has 3 amide bonds. The number of hydrogen-bond acceptors (Lipinski definition) is 6. The van der Waals surface area contributed by atoms with Crippen molar-refractivity contribution in [1.82, 2.24) is 15.1 Å². The highest BCUT2D eigenvalue weighted by molar-refractivity contribution is 5.93. The number of amides is 3. The Labute approximate surface area is 227 Å². The predicted molar refractivity (Wildman–Crippen MR) is 150 cm³/mol. The minimum Gasteiger partial charge on any atom is -0.496 e. The van der Waals surface area contributed by atoms with Crippen molar-refractivity contribution >= 4 is 17.6 Å². The summed E-state index contributed by atoms with van der Waals surface area (Å²) in [6, 6.07) is 14.2. The number of fused-ring (bicyclic) bond motifs is 1. The van der Waals surface area contributed by atoms with Crippen molar-refractivity contribution in [2.24, 2.45) is 5.73 Å². The third-order valence-electron chi connectivity index (χ3n) is 7.06. The number of hydroxylamine groups is 1. The number of ether oxygens (including phenoxy) is 1. The molecule has 0 aliphatic carbocycles. The Hall–Kier alpha value is -3.14. The highest BCUT2D eigenvalue weighted by Crippen LogP contribution is 2.29. The van der Waals surface area contributed by atoms with Crippen LogP contribution in [-0.2, 0) is 28.9 Å². The maximum Gasteiger partial charge on any atom is 0.324 e. The molecule has 0 radical (unpaired) electrons. The van der Waals surface area contributed by atoms with Gasteiger partial charge < -0.3 is 15.4 Å². The molecule has 0 bridgehead atoms. The lowest BCUT2D eigenvalue weighted by atomic mass is 9.97. The summed E-state index contributed by atoms with van der Waals surface area (Å²) in [5.74, 6) is 0.592. The van der Waals surface area contributed by atoms with Gasteiger partial charge in [-0.1, -0.05) is 30.3 Å². The first-order valence-corrected chi connectivity index (χ1v) is 13.4. The molecule has 3 rings (SSSR count). The van der Waals surface area contributed by atoms with Gasteiger partial charge >= 0.3 is 6.03 Å². The number of hydrazine groups is 1. The molecule has 9 heteroatoms. The second kappa shape index (κ2) is 14.7. The molecular formula is C29H43N5O4. The van der Waals surface area contributed by atoms with Gasteiger partial charge in [0, 0.05) is 52.4 Å². The number of carbonyl (C=O) groups is 2. The number of primary amides is 1.